The average molecular weight is 331 g/mol. The van der Waals surface area contributed by atoms with Crippen LogP contribution in [0.2, 0.25) is 10.0 Å². The minimum absolute atomic E-state index is 0.130. The van der Waals surface area contributed by atoms with Gasteiger partial charge in [-0.3, -0.25) is 4.72 Å². The van der Waals surface area contributed by atoms with Crippen LogP contribution in [0.5, 0.6) is 0 Å². The van der Waals surface area contributed by atoms with Crippen LogP contribution in [0.1, 0.15) is 5.56 Å². The van der Waals surface area contributed by atoms with Gasteiger partial charge in [-0.25, -0.2) is 8.42 Å². The summed E-state index contributed by atoms with van der Waals surface area (Å²) in [5.41, 5.74) is 6.56. The molecule has 4 nitrogen and oxygen atoms in total. The van der Waals surface area contributed by atoms with Crippen molar-refractivity contribution in [3.8, 4) is 0 Å². The fraction of sp³-hybridized carbons (Fsp3) is 0.0769. The first-order chi connectivity index (χ1) is 9.44. The van der Waals surface area contributed by atoms with Crippen LogP contribution in [0.25, 0.3) is 0 Å². The number of halogens is 2. The molecule has 2 aromatic carbocycles. The molecule has 0 amide bonds. The predicted octanol–water partition coefficient (Wildman–Crippen LogP) is 3.25. The first-order valence-corrected chi connectivity index (χ1v) is 7.94. The molecule has 2 aromatic rings. The predicted molar refractivity (Wildman–Crippen MR) is 81.6 cm³/mol. The number of sulfonamides is 1. The summed E-state index contributed by atoms with van der Waals surface area (Å²) in [6.07, 6.45) is 0. The fourth-order valence-corrected chi connectivity index (χ4v) is 3.07. The number of hydrogen-bond acceptors (Lipinski definition) is 3. The molecule has 0 aliphatic heterocycles. The molecule has 0 spiro atoms. The van der Waals surface area contributed by atoms with Gasteiger partial charge in [0.15, 0.2) is 0 Å². The average Bonchev–Trinajstić information content (AvgIpc) is 2.44. The Bertz CT molecular complexity index is 716. The van der Waals surface area contributed by atoms with Crippen molar-refractivity contribution in [3.63, 3.8) is 0 Å². The van der Waals surface area contributed by atoms with Gasteiger partial charge >= 0.3 is 0 Å². The van der Waals surface area contributed by atoms with Gasteiger partial charge in [0.1, 0.15) is 0 Å². The van der Waals surface area contributed by atoms with Crippen LogP contribution in [0, 0.1) is 0 Å². The zero-order valence-corrected chi connectivity index (χ0v) is 12.6. The minimum Gasteiger partial charge on any atom is -0.326 e. The maximum absolute atomic E-state index is 12.2. The molecule has 0 saturated carbocycles. The van der Waals surface area contributed by atoms with Gasteiger partial charge in [-0.1, -0.05) is 41.4 Å². The second-order valence-electron chi connectivity index (χ2n) is 4.05. The van der Waals surface area contributed by atoms with E-state index in [1.807, 2.05) is 0 Å². The zero-order chi connectivity index (χ0) is 14.8. The summed E-state index contributed by atoms with van der Waals surface area (Å²) in [7, 11) is -3.71. The zero-order valence-electron chi connectivity index (χ0n) is 10.3. The number of nitrogens with one attached hydrogen (secondary N) is 1. The first kappa shape index (κ1) is 15.1. The second kappa shape index (κ2) is 6.01. The van der Waals surface area contributed by atoms with Crippen molar-refractivity contribution < 1.29 is 8.42 Å². The molecule has 0 atom stereocenters. The van der Waals surface area contributed by atoms with Crippen LogP contribution in [-0.4, -0.2) is 8.42 Å². The van der Waals surface area contributed by atoms with Crippen molar-refractivity contribution in [2.75, 3.05) is 4.72 Å². The number of hydrogen-bond donors (Lipinski definition) is 2. The Balaban J connectivity index is 2.33. The van der Waals surface area contributed by atoms with Crippen molar-refractivity contribution in [1.29, 1.82) is 0 Å². The molecular formula is C13H12Cl2N2O2S. The molecule has 0 saturated heterocycles. The normalized spacial score (nSPS) is 11.3. The Morgan fingerprint density at radius 3 is 2.30 bits per heavy atom. The number of nitrogens with two attached hydrogens (primary N) is 1. The molecule has 0 aliphatic rings. The van der Waals surface area contributed by atoms with E-state index >= 15 is 0 Å². The molecule has 0 radical (unpaired) electrons. The molecule has 7 heteroatoms. The lowest BCUT2D eigenvalue weighted by Gasteiger charge is -2.10. The van der Waals surface area contributed by atoms with Crippen molar-refractivity contribution in [1.82, 2.24) is 0 Å². The van der Waals surface area contributed by atoms with Crippen LogP contribution in [0.15, 0.2) is 47.4 Å². The van der Waals surface area contributed by atoms with Gasteiger partial charge in [0, 0.05) is 6.54 Å². The lowest BCUT2D eigenvalue weighted by molar-refractivity contribution is 0.601. The topological polar surface area (TPSA) is 72.2 Å². The third-order valence-electron chi connectivity index (χ3n) is 2.67. The largest absolute Gasteiger partial charge is 0.326 e. The van der Waals surface area contributed by atoms with Crippen molar-refractivity contribution >= 4 is 38.9 Å². The van der Waals surface area contributed by atoms with E-state index in [2.05, 4.69) is 4.72 Å². The van der Waals surface area contributed by atoms with Crippen LogP contribution in [-0.2, 0) is 16.6 Å². The summed E-state index contributed by atoms with van der Waals surface area (Å²) in [4.78, 5) is 0.130. The Kier molecular flexibility index (Phi) is 4.55. The molecule has 0 bridgehead atoms. The highest BCUT2D eigenvalue weighted by Gasteiger charge is 2.16. The number of anilines is 1. The van der Waals surface area contributed by atoms with E-state index in [1.54, 1.807) is 30.3 Å². The van der Waals surface area contributed by atoms with E-state index in [9.17, 15) is 8.42 Å². The Hall–Kier alpha value is -1.27. The monoisotopic (exact) mass is 330 g/mol. The Morgan fingerprint density at radius 1 is 1.05 bits per heavy atom. The van der Waals surface area contributed by atoms with Crippen LogP contribution >= 0.6 is 23.2 Å². The van der Waals surface area contributed by atoms with Gasteiger partial charge < -0.3 is 5.73 Å². The summed E-state index contributed by atoms with van der Waals surface area (Å²) in [6.45, 7) is 0.355. The van der Waals surface area contributed by atoms with E-state index in [0.29, 0.717) is 6.54 Å². The Morgan fingerprint density at radius 2 is 1.70 bits per heavy atom. The molecule has 2 rings (SSSR count). The van der Waals surface area contributed by atoms with Crippen molar-refractivity contribution in [2.45, 2.75) is 11.4 Å². The lowest BCUT2D eigenvalue weighted by atomic mass is 10.2. The van der Waals surface area contributed by atoms with E-state index in [0.717, 1.165) is 5.56 Å². The van der Waals surface area contributed by atoms with Crippen LogP contribution in [0.3, 0.4) is 0 Å². The molecule has 0 heterocycles. The number of benzene rings is 2. The molecule has 20 heavy (non-hydrogen) atoms. The number of rotatable bonds is 4. The molecule has 0 unspecified atom stereocenters. The minimum atomic E-state index is -3.71. The standard InChI is InChI=1S/C13H12Cl2N2O2S/c14-11-2-1-3-12(13(11)15)17-20(18,19)10-6-4-9(8-16)5-7-10/h1-7,17H,8,16H2. The van der Waals surface area contributed by atoms with Gasteiger partial charge in [-0.2, -0.15) is 0 Å². The maximum Gasteiger partial charge on any atom is 0.261 e. The molecule has 106 valence electrons. The summed E-state index contributed by atoms with van der Waals surface area (Å²) >= 11 is 11.8. The second-order valence-corrected chi connectivity index (χ2v) is 6.52. The lowest BCUT2D eigenvalue weighted by Crippen LogP contribution is -2.13. The summed E-state index contributed by atoms with van der Waals surface area (Å²) in [6, 6.07) is 11.0. The van der Waals surface area contributed by atoms with Gasteiger partial charge in [0.25, 0.3) is 10.0 Å². The highest BCUT2D eigenvalue weighted by Crippen LogP contribution is 2.31. The summed E-state index contributed by atoms with van der Waals surface area (Å²) in [5, 5.41) is 0.446. The van der Waals surface area contributed by atoms with E-state index in [4.69, 9.17) is 28.9 Å². The molecule has 0 aliphatic carbocycles. The first-order valence-electron chi connectivity index (χ1n) is 5.70. The van der Waals surface area contributed by atoms with Crippen molar-refractivity contribution in [3.05, 3.63) is 58.1 Å². The van der Waals surface area contributed by atoms with Crippen LogP contribution in [0.4, 0.5) is 5.69 Å². The Labute approximate surface area is 127 Å². The third kappa shape index (κ3) is 3.24. The summed E-state index contributed by atoms with van der Waals surface area (Å²) < 4.78 is 26.8. The van der Waals surface area contributed by atoms with E-state index < -0.39 is 10.0 Å². The molecule has 0 fully saturated rings. The van der Waals surface area contributed by atoms with Crippen LogP contribution < -0.4 is 10.5 Å². The van der Waals surface area contributed by atoms with E-state index in [-0.39, 0.29) is 20.6 Å². The molecule has 3 N–H and O–H groups in total. The molecular weight excluding hydrogens is 319 g/mol. The summed E-state index contributed by atoms with van der Waals surface area (Å²) in [5.74, 6) is 0. The van der Waals surface area contributed by atoms with Crippen molar-refractivity contribution in [2.24, 2.45) is 5.73 Å². The third-order valence-corrected chi connectivity index (χ3v) is 4.87. The highest BCUT2D eigenvalue weighted by atomic mass is 35.5. The van der Waals surface area contributed by atoms with E-state index in [1.165, 1.54) is 12.1 Å². The van der Waals surface area contributed by atoms with Gasteiger partial charge in [-0.05, 0) is 29.8 Å². The maximum atomic E-state index is 12.2. The highest BCUT2D eigenvalue weighted by molar-refractivity contribution is 7.92. The molecule has 0 aromatic heterocycles. The van der Waals surface area contributed by atoms with Gasteiger partial charge in [0.2, 0.25) is 0 Å². The smallest absolute Gasteiger partial charge is 0.261 e. The quantitative estimate of drug-likeness (QED) is 0.903. The fourth-order valence-electron chi connectivity index (χ4n) is 1.59. The van der Waals surface area contributed by atoms with Gasteiger partial charge in [-0.15, -0.1) is 0 Å². The SMILES string of the molecule is NCc1ccc(S(=O)(=O)Nc2cccc(Cl)c2Cl)cc1. The van der Waals surface area contributed by atoms with Gasteiger partial charge in [0.05, 0.1) is 20.6 Å².